The van der Waals surface area contributed by atoms with Gasteiger partial charge >= 0.3 is 0 Å². The maximum atomic E-state index is 10.3. The van der Waals surface area contributed by atoms with Crippen molar-refractivity contribution in [2.75, 3.05) is 26.4 Å². The lowest BCUT2D eigenvalue weighted by Gasteiger charge is -2.28. The summed E-state index contributed by atoms with van der Waals surface area (Å²) in [6.07, 6.45) is -0.532. The average molecular weight is 314 g/mol. The van der Waals surface area contributed by atoms with Crippen molar-refractivity contribution in [2.45, 2.75) is 6.42 Å². The van der Waals surface area contributed by atoms with Crippen LogP contribution in [0.15, 0.2) is 0 Å². The number of nitro groups is 1. The van der Waals surface area contributed by atoms with Crippen LogP contribution < -0.4 is 0 Å². The lowest BCUT2D eigenvalue weighted by molar-refractivity contribution is -0.782. The highest BCUT2D eigenvalue weighted by atomic mass is 17.0. The summed E-state index contributed by atoms with van der Waals surface area (Å²) in [4.78, 5) is 52.0. The first-order chi connectivity index (χ1) is 9.67. The van der Waals surface area contributed by atoms with E-state index in [0.717, 1.165) is 0 Å². The van der Waals surface area contributed by atoms with Gasteiger partial charge in [-0.1, -0.05) is 0 Å². The summed E-state index contributed by atoms with van der Waals surface area (Å²) in [5.74, 6) is 0. The Bertz CT molecular complexity index is 334. The Hall–Kier alpha value is -3.00. The molecule has 0 aliphatic rings. The van der Waals surface area contributed by atoms with E-state index >= 15 is 0 Å². The van der Waals surface area contributed by atoms with Crippen LogP contribution in [0.2, 0.25) is 0 Å². The van der Waals surface area contributed by atoms with Crippen LogP contribution in [0.4, 0.5) is 0 Å². The number of rotatable bonds is 12. The van der Waals surface area contributed by atoms with Crippen molar-refractivity contribution in [2.24, 2.45) is 5.41 Å². The molecule has 0 aliphatic carbocycles. The fraction of sp³-hybridized carbons (Fsp3) is 1.00. The van der Waals surface area contributed by atoms with E-state index in [1.165, 1.54) is 0 Å². The van der Waals surface area contributed by atoms with E-state index in [-0.39, 0.29) is 0 Å². The van der Waals surface area contributed by atoms with Crippen LogP contribution in [0.3, 0.4) is 0 Å². The molecule has 0 amide bonds. The second kappa shape index (κ2) is 8.23. The topological polar surface area (TPSA) is 200 Å². The summed E-state index contributed by atoms with van der Waals surface area (Å²) in [5.41, 5.74) is -1.81. The molecule has 0 bridgehead atoms. The minimum Gasteiger partial charge on any atom is -0.313 e. The van der Waals surface area contributed by atoms with Gasteiger partial charge in [-0.2, -0.15) is 0 Å². The van der Waals surface area contributed by atoms with Crippen LogP contribution in [0.1, 0.15) is 6.42 Å². The largest absolute Gasteiger partial charge is 0.313 e. The Morgan fingerprint density at radius 3 is 1.29 bits per heavy atom. The van der Waals surface area contributed by atoms with E-state index in [1.807, 2.05) is 0 Å². The molecule has 0 atom stereocenters. The van der Waals surface area contributed by atoms with E-state index in [9.17, 15) is 40.5 Å². The summed E-state index contributed by atoms with van der Waals surface area (Å²) in [6.45, 7) is -3.50. The van der Waals surface area contributed by atoms with Crippen LogP contribution in [-0.4, -0.2) is 46.5 Å². The Kier molecular flexibility index (Phi) is 7.05. The van der Waals surface area contributed by atoms with Gasteiger partial charge < -0.3 is 14.5 Å². The zero-order valence-electron chi connectivity index (χ0n) is 10.3. The third-order valence-electron chi connectivity index (χ3n) is 2.25. The monoisotopic (exact) mass is 314 g/mol. The van der Waals surface area contributed by atoms with E-state index in [2.05, 4.69) is 14.5 Å². The third kappa shape index (κ3) is 8.67. The molecule has 15 heteroatoms. The number of hydrogen-bond acceptors (Lipinski definition) is 11. The maximum Gasteiger partial charge on any atom is 0.294 e. The lowest BCUT2D eigenvalue weighted by Crippen LogP contribution is -2.41. The molecule has 0 spiro atoms. The molecular weight excluding hydrogens is 304 g/mol. The molecule has 0 saturated carbocycles. The molecule has 15 nitrogen and oxygen atoms in total. The first kappa shape index (κ1) is 18.0. The average Bonchev–Trinajstić information content (AvgIpc) is 2.36. The molecule has 0 aromatic heterocycles. The van der Waals surface area contributed by atoms with Crippen molar-refractivity contribution in [3.8, 4) is 0 Å². The van der Waals surface area contributed by atoms with Gasteiger partial charge in [0.1, 0.15) is 19.8 Å². The Balaban J connectivity index is 5.02. The fourth-order valence-electron chi connectivity index (χ4n) is 1.24. The van der Waals surface area contributed by atoms with Gasteiger partial charge in [-0.15, -0.1) is 30.3 Å². The molecule has 0 fully saturated rings. The van der Waals surface area contributed by atoms with Crippen LogP contribution >= 0.6 is 0 Å². The Labute approximate surface area is 114 Å². The molecule has 0 aliphatic heterocycles. The van der Waals surface area contributed by atoms with Gasteiger partial charge in [-0.3, -0.25) is 10.1 Å². The third-order valence-corrected chi connectivity index (χ3v) is 2.25. The molecule has 0 N–H and O–H groups in total. The Morgan fingerprint density at radius 1 is 0.714 bits per heavy atom. The molecule has 0 saturated heterocycles. The number of nitrogens with zero attached hydrogens (tertiary/aromatic N) is 4. The van der Waals surface area contributed by atoms with E-state index in [4.69, 9.17) is 0 Å². The molecule has 0 rings (SSSR count). The van der Waals surface area contributed by atoms with Crippen LogP contribution in [0.25, 0.3) is 0 Å². The smallest absolute Gasteiger partial charge is 0.294 e. The predicted molar refractivity (Wildman–Crippen MR) is 57.8 cm³/mol. The normalized spacial score (nSPS) is 10.5. The molecular formula is C6H10N4O11. The SMILES string of the molecule is O=[N+]([O-])CCC(CO[N+](=O)[O-])(CO[N+](=O)[O-])CO[N+](=O)[O-]. The second-order valence-electron chi connectivity index (χ2n) is 3.80. The molecule has 0 radical (unpaired) electrons. The van der Waals surface area contributed by atoms with Crippen molar-refractivity contribution in [3.05, 3.63) is 40.5 Å². The minimum atomic E-state index is -1.81. The highest BCUT2D eigenvalue weighted by molar-refractivity contribution is 4.77. The van der Waals surface area contributed by atoms with Gasteiger partial charge in [-0.05, 0) is 0 Å². The van der Waals surface area contributed by atoms with Gasteiger partial charge in [0.05, 0.1) is 0 Å². The van der Waals surface area contributed by atoms with Crippen molar-refractivity contribution in [1.82, 2.24) is 0 Å². The van der Waals surface area contributed by atoms with Gasteiger partial charge in [0, 0.05) is 16.8 Å². The molecule has 0 aromatic carbocycles. The van der Waals surface area contributed by atoms with Crippen LogP contribution in [0, 0.1) is 45.9 Å². The van der Waals surface area contributed by atoms with E-state index in [0.29, 0.717) is 0 Å². The summed E-state index contributed by atoms with van der Waals surface area (Å²) in [5, 5.41) is 37.1. The first-order valence-corrected chi connectivity index (χ1v) is 5.10. The zero-order chi connectivity index (χ0) is 16.5. The van der Waals surface area contributed by atoms with Crippen molar-refractivity contribution in [3.63, 3.8) is 0 Å². The standard InChI is InChI=1S/C6H10N4O11/c11-7(12)2-1-6(3-19-8(13)14,4-20-9(15)16)5-21-10(17)18/h1-5H2. The van der Waals surface area contributed by atoms with Gasteiger partial charge in [0.2, 0.25) is 6.54 Å². The van der Waals surface area contributed by atoms with Crippen molar-refractivity contribution < 1.29 is 34.7 Å². The minimum absolute atomic E-state index is 0.532. The molecule has 0 aromatic rings. The quantitative estimate of drug-likeness (QED) is 0.324. The molecule has 0 heterocycles. The lowest BCUT2D eigenvalue weighted by atomic mass is 9.87. The first-order valence-electron chi connectivity index (χ1n) is 5.10. The molecule has 21 heavy (non-hydrogen) atoms. The van der Waals surface area contributed by atoms with Gasteiger partial charge in [0.25, 0.3) is 15.3 Å². The highest BCUT2D eigenvalue weighted by Crippen LogP contribution is 2.24. The summed E-state index contributed by atoms with van der Waals surface area (Å²) >= 11 is 0. The fourth-order valence-corrected chi connectivity index (χ4v) is 1.24. The van der Waals surface area contributed by atoms with Gasteiger partial charge in [-0.25, -0.2) is 0 Å². The second-order valence-corrected chi connectivity index (χ2v) is 3.80. The van der Waals surface area contributed by atoms with Crippen LogP contribution in [-0.2, 0) is 14.5 Å². The molecule has 0 unspecified atom stereocenters. The summed E-state index contributed by atoms with van der Waals surface area (Å²) in [7, 11) is 0. The van der Waals surface area contributed by atoms with Gasteiger partial charge in [0.15, 0.2) is 0 Å². The maximum absolute atomic E-state index is 10.3. The van der Waals surface area contributed by atoms with E-state index in [1.54, 1.807) is 0 Å². The van der Waals surface area contributed by atoms with E-state index < -0.39 is 58.4 Å². The predicted octanol–water partition coefficient (Wildman–Crippen LogP) is -0.735. The summed E-state index contributed by atoms with van der Waals surface area (Å²) in [6, 6.07) is 0. The highest BCUT2D eigenvalue weighted by Gasteiger charge is 2.36. The van der Waals surface area contributed by atoms with Crippen molar-refractivity contribution >= 4 is 0 Å². The van der Waals surface area contributed by atoms with Crippen LogP contribution in [0.5, 0.6) is 0 Å². The zero-order valence-corrected chi connectivity index (χ0v) is 10.3. The van der Waals surface area contributed by atoms with Crippen molar-refractivity contribution in [1.29, 1.82) is 0 Å². The Morgan fingerprint density at radius 2 is 1.05 bits per heavy atom. The summed E-state index contributed by atoms with van der Waals surface area (Å²) < 4.78 is 0. The molecule has 120 valence electrons. The number of hydrogen-bond donors (Lipinski definition) is 0.